The van der Waals surface area contributed by atoms with E-state index in [1.54, 1.807) is 0 Å². The van der Waals surface area contributed by atoms with Crippen LogP contribution in [0, 0.1) is 0 Å². The molecule has 5 atom stereocenters. The Kier molecular flexibility index (Phi) is 9.90. The highest BCUT2D eigenvalue weighted by atomic mass is 35.5. The lowest BCUT2D eigenvalue weighted by Crippen LogP contribution is -2.60. The van der Waals surface area contributed by atoms with Crippen molar-refractivity contribution >= 4 is 17.6 Å². The van der Waals surface area contributed by atoms with E-state index >= 15 is 0 Å². The number of halogens is 1. The highest BCUT2D eigenvalue weighted by Gasteiger charge is 2.49. The number of benzene rings is 3. The van der Waals surface area contributed by atoms with Gasteiger partial charge in [0.05, 0.1) is 26.4 Å². The van der Waals surface area contributed by atoms with E-state index in [4.69, 9.17) is 35.3 Å². The average Bonchev–Trinajstić information content (AvgIpc) is 2.90. The smallest absolute Gasteiger partial charge is 0.303 e. The maximum atomic E-state index is 11.9. The molecule has 36 heavy (non-hydrogen) atoms. The molecule has 4 rings (SSSR count). The van der Waals surface area contributed by atoms with Crippen LogP contribution in [-0.4, -0.2) is 42.6 Å². The summed E-state index contributed by atoms with van der Waals surface area (Å²) in [5.41, 5.74) is 2.11. The molecule has 1 aliphatic heterocycles. The third kappa shape index (κ3) is 7.63. The molecule has 0 unspecified atom stereocenters. The van der Waals surface area contributed by atoms with Gasteiger partial charge >= 0.3 is 5.97 Å². The van der Waals surface area contributed by atoms with Crippen molar-refractivity contribution in [2.75, 3.05) is 6.61 Å². The van der Waals surface area contributed by atoms with Crippen LogP contribution in [0.5, 0.6) is 0 Å². The Hall–Kier alpha value is -2.74. The van der Waals surface area contributed by atoms with Crippen LogP contribution >= 0.6 is 11.6 Å². The predicted octanol–water partition coefficient (Wildman–Crippen LogP) is 5.27. The number of ether oxygens (including phenoxy) is 5. The fourth-order valence-corrected chi connectivity index (χ4v) is 4.44. The summed E-state index contributed by atoms with van der Waals surface area (Å²) in [4.78, 5) is 11.9. The van der Waals surface area contributed by atoms with Crippen LogP contribution in [0.15, 0.2) is 91.0 Å². The summed E-state index contributed by atoms with van der Waals surface area (Å²) in [6.45, 7) is 2.62. The Morgan fingerprint density at radius 3 is 1.69 bits per heavy atom. The number of alkyl halides is 1. The van der Waals surface area contributed by atoms with Crippen molar-refractivity contribution in [2.45, 2.75) is 56.7 Å². The lowest BCUT2D eigenvalue weighted by atomic mass is 9.99. The maximum absolute atomic E-state index is 11.9. The molecular formula is C29H31ClO6. The summed E-state index contributed by atoms with van der Waals surface area (Å²) in [6.07, 6.45) is -2.64. The third-order valence-electron chi connectivity index (χ3n) is 5.84. The Bertz CT molecular complexity index is 1050. The zero-order valence-electron chi connectivity index (χ0n) is 20.2. The Labute approximate surface area is 217 Å². The van der Waals surface area contributed by atoms with Gasteiger partial charge in [0.15, 0.2) is 11.7 Å². The van der Waals surface area contributed by atoms with Crippen LogP contribution in [0.4, 0.5) is 0 Å². The summed E-state index contributed by atoms with van der Waals surface area (Å²) in [7, 11) is 0. The molecule has 1 heterocycles. The molecule has 0 bridgehead atoms. The summed E-state index contributed by atoms with van der Waals surface area (Å²) < 4.78 is 30.3. The SMILES string of the molecule is CC(=O)O[C@@H]1[C@@H](OCc2ccccc2)[C@@H](OCc2ccccc2)[C@@H](COCc2ccccc2)O[C@@H]1Cl. The first-order valence-electron chi connectivity index (χ1n) is 12.0. The topological polar surface area (TPSA) is 63.2 Å². The van der Waals surface area contributed by atoms with Crippen LogP contribution in [-0.2, 0) is 48.3 Å². The van der Waals surface area contributed by atoms with E-state index in [0.29, 0.717) is 19.8 Å². The van der Waals surface area contributed by atoms with Crippen LogP contribution in [0.25, 0.3) is 0 Å². The van der Waals surface area contributed by atoms with Crippen LogP contribution in [0.1, 0.15) is 23.6 Å². The largest absolute Gasteiger partial charge is 0.456 e. The quantitative estimate of drug-likeness (QED) is 0.259. The number of hydrogen-bond donors (Lipinski definition) is 0. The molecule has 7 heteroatoms. The molecule has 3 aromatic rings. The molecule has 3 aromatic carbocycles. The molecule has 1 aliphatic rings. The van der Waals surface area contributed by atoms with Crippen molar-refractivity contribution in [1.29, 1.82) is 0 Å². The lowest BCUT2D eigenvalue weighted by molar-refractivity contribution is -0.250. The van der Waals surface area contributed by atoms with Gasteiger partial charge in [-0.2, -0.15) is 0 Å². The number of rotatable bonds is 11. The summed E-state index contributed by atoms with van der Waals surface area (Å²) in [5.74, 6) is -0.469. The van der Waals surface area contributed by atoms with Gasteiger partial charge < -0.3 is 23.7 Å². The van der Waals surface area contributed by atoms with Gasteiger partial charge in [0.25, 0.3) is 0 Å². The van der Waals surface area contributed by atoms with E-state index in [1.807, 2.05) is 91.0 Å². The minimum Gasteiger partial charge on any atom is -0.456 e. The zero-order valence-corrected chi connectivity index (χ0v) is 21.0. The van der Waals surface area contributed by atoms with Gasteiger partial charge in [-0.15, -0.1) is 0 Å². The second kappa shape index (κ2) is 13.5. The first-order valence-corrected chi connectivity index (χ1v) is 12.4. The molecule has 6 nitrogen and oxygen atoms in total. The molecule has 190 valence electrons. The van der Waals surface area contributed by atoms with E-state index in [1.165, 1.54) is 6.92 Å². The van der Waals surface area contributed by atoms with E-state index in [2.05, 4.69) is 0 Å². The molecule has 1 fully saturated rings. The van der Waals surface area contributed by atoms with Crippen LogP contribution < -0.4 is 0 Å². The molecule has 0 spiro atoms. The minimum atomic E-state index is -0.920. The number of esters is 1. The summed E-state index contributed by atoms with van der Waals surface area (Å²) in [5, 5.41) is 0. The Balaban J connectivity index is 1.53. The molecule has 0 aromatic heterocycles. The molecule has 0 amide bonds. The highest BCUT2D eigenvalue weighted by molar-refractivity contribution is 6.20. The van der Waals surface area contributed by atoms with Crippen molar-refractivity contribution in [3.63, 3.8) is 0 Å². The maximum Gasteiger partial charge on any atom is 0.303 e. The van der Waals surface area contributed by atoms with Crippen LogP contribution in [0.2, 0.25) is 0 Å². The first-order chi connectivity index (χ1) is 17.6. The molecule has 0 saturated carbocycles. The Morgan fingerprint density at radius 2 is 1.19 bits per heavy atom. The van der Waals surface area contributed by atoms with Gasteiger partial charge in [0, 0.05) is 6.92 Å². The van der Waals surface area contributed by atoms with Gasteiger partial charge in [0.1, 0.15) is 18.3 Å². The summed E-state index contributed by atoms with van der Waals surface area (Å²) >= 11 is 6.59. The first kappa shape index (κ1) is 26.3. The standard InChI is InChI=1S/C29H31ClO6/c1-21(31)35-28-27(34-19-24-15-9-4-10-16-24)26(33-18-23-13-7-3-8-14-23)25(36-29(28)30)20-32-17-22-11-5-2-6-12-22/h2-16,25-29H,17-20H2,1H3/t25-,26+,27+,28-,29+/m1/s1. The average molecular weight is 511 g/mol. The molecule has 0 aliphatic carbocycles. The second-order valence-corrected chi connectivity index (χ2v) is 9.05. The van der Waals surface area contributed by atoms with Crippen LogP contribution in [0.3, 0.4) is 0 Å². The van der Waals surface area contributed by atoms with Crippen molar-refractivity contribution in [3.05, 3.63) is 108 Å². The molecule has 0 radical (unpaired) electrons. The van der Waals surface area contributed by atoms with Gasteiger partial charge in [-0.25, -0.2) is 0 Å². The minimum absolute atomic E-state index is 0.232. The number of carbonyl (C=O) groups excluding carboxylic acids is 1. The van der Waals surface area contributed by atoms with Crippen molar-refractivity contribution < 1.29 is 28.5 Å². The second-order valence-electron chi connectivity index (χ2n) is 8.62. The van der Waals surface area contributed by atoms with E-state index in [-0.39, 0.29) is 6.61 Å². The van der Waals surface area contributed by atoms with Gasteiger partial charge in [0.2, 0.25) is 0 Å². The number of hydrogen-bond acceptors (Lipinski definition) is 6. The fraction of sp³-hybridized carbons (Fsp3) is 0.345. The van der Waals surface area contributed by atoms with Crippen molar-refractivity contribution in [3.8, 4) is 0 Å². The van der Waals surface area contributed by atoms with Gasteiger partial charge in [-0.1, -0.05) is 103 Å². The van der Waals surface area contributed by atoms with Crippen molar-refractivity contribution in [2.24, 2.45) is 0 Å². The van der Waals surface area contributed by atoms with E-state index in [9.17, 15) is 4.79 Å². The fourth-order valence-electron chi connectivity index (χ4n) is 4.11. The van der Waals surface area contributed by atoms with E-state index < -0.39 is 35.9 Å². The van der Waals surface area contributed by atoms with Gasteiger partial charge in [-0.05, 0) is 16.7 Å². The normalized spacial score (nSPS) is 23.8. The number of carbonyl (C=O) groups is 1. The summed E-state index contributed by atoms with van der Waals surface area (Å²) in [6, 6.07) is 29.5. The molecule has 1 saturated heterocycles. The highest BCUT2D eigenvalue weighted by Crippen LogP contribution is 2.32. The zero-order chi connectivity index (χ0) is 25.2. The van der Waals surface area contributed by atoms with Crippen molar-refractivity contribution in [1.82, 2.24) is 0 Å². The predicted molar refractivity (Wildman–Crippen MR) is 136 cm³/mol. The molecular weight excluding hydrogens is 480 g/mol. The Morgan fingerprint density at radius 1 is 0.722 bits per heavy atom. The van der Waals surface area contributed by atoms with Gasteiger partial charge in [-0.3, -0.25) is 4.79 Å². The molecule has 0 N–H and O–H groups in total. The monoisotopic (exact) mass is 510 g/mol. The lowest BCUT2D eigenvalue weighted by Gasteiger charge is -2.43. The third-order valence-corrected chi connectivity index (χ3v) is 6.19. The van der Waals surface area contributed by atoms with E-state index in [0.717, 1.165) is 16.7 Å².